The fourth-order valence-corrected chi connectivity index (χ4v) is 10.5. The minimum Gasteiger partial charge on any atom is -0.308 e. The summed E-state index contributed by atoms with van der Waals surface area (Å²) in [6, 6.07) is 33.6. The van der Waals surface area contributed by atoms with Crippen LogP contribution in [0.2, 0.25) is 0 Å². The van der Waals surface area contributed by atoms with E-state index in [1.165, 1.54) is 6.07 Å². The number of fused-ring (bicyclic) bond motifs is 6. The zero-order valence-electron chi connectivity index (χ0n) is 43.2. The molecule has 6 heterocycles. The summed E-state index contributed by atoms with van der Waals surface area (Å²) < 4.78 is 49.9. The van der Waals surface area contributed by atoms with Crippen molar-refractivity contribution in [2.75, 3.05) is 0 Å². The number of nitriles is 1. The van der Waals surface area contributed by atoms with Crippen LogP contribution in [0.15, 0.2) is 103 Å². The molecular weight excluding hydrogens is 976 g/mol. The number of alkyl halides is 3. The number of nitrogens with zero attached hydrogens (tertiary/aromatic N) is 15. The second-order valence-corrected chi connectivity index (χ2v) is 19.2. The van der Waals surface area contributed by atoms with E-state index in [-0.39, 0.29) is 11.1 Å². The summed E-state index contributed by atoms with van der Waals surface area (Å²) in [4.78, 5) is 55.5. The first-order chi connectivity index (χ1) is 36.8. The summed E-state index contributed by atoms with van der Waals surface area (Å²) in [5, 5.41) is 14.5. The van der Waals surface area contributed by atoms with Gasteiger partial charge in [0.25, 0.3) is 0 Å². The first-order valence-electron chi connectivity index (χ1n) is 24.6. The van der Waals surface area contributed by atoms with Gasteiger partial charge in [0, 0.05) is 49.4 Å². The minimum atomic E-state index is -4.72. The van der Waals surface area contributed by atoms with Crippen LogP contribution < -0.4 is 0 Å². The molecule has 0 saturated carbocycles. The van der Waals surface area contributed by atoms with Gasteiger partial charge in [-0.1, -0.05) is 54.6 Å². The monoisotopic (exact) mass is 1020 g/mol. The van der Waals surface area contributed by atoms with Crippen molar-refractivity contribution in [2.24, 2.45) is 0 Å². The van der Waals surface area contributed by atoms with Crippen molar-refractivity contribution >= 4 is 43.6 Å². The molecule has 0 radical (unpaired) electrons. The van der Waals surface area contributed by atoms with E-state index in [0.29, 0.717) is 137 Å². The molecule has 6 aromatic heterocycles. The average molecular weight is 1020 g/mol. The first-order valence-corrected chi connectivity index (χ1v) is 24.6. The second-order valence-electron chi connectivity index (χ2n) is 19.2. The third kappa shape index (κ3) is 8.60. The molecule has 77 heavy (non-hydrogen) atoms. The van der Waals surface area contributed by atoms with Gasteiger partial charge >= 0.3 is 6.18 Å². The standard InChI is InChI=1S/C59H44F3N15/c1-28-18-42(22-43(19-28)59(60,61)62)54-52(76-48-23-38(55-68-29(2)64-30(3)69-55)10-14-44(48)45-15-11-39(24-49(45)76)56-70-31(4)65-32(5)71-56)20-37(27-63)21-53(54)77-50-25-40(57-72-33(6)66-34(7)73-57)12-16-46(50)47-17-13-41(26-51(47)77)58-74-35(8)67-36(9)75-58/h10-26H,1-9H3. The molecule has 376 valence electrons. The number of aryl methyl sites for hydroxylation is 9. The number of aromatic nitrogens is 14. The Morgan fingerprint density at radius 1 is 0.364 bits per heavy atom. The van der Waals surface area contributed by atoms with Gasteiger partial charge in [0.1, 0.15) is 46.6 Å². The van der Waals surface area contributed by atoms with Crippen LogP contribution in [0.1, 0.15) is 63.3 Å². The Bertz CT molecular complexity index is 3990. The molecule has 12 rings (SSSR count). The highest BCUT2D eigenvalue weighted by molar-refractivity contribution is 6.14. The normalized spacial score (nSPS) is 11.9. The Balaban J connectivity index is 1.28. The predicted octanol–water partition coefficient (Wildman–Crippen LogP) is 12.6. The lowest BCUT2D eigenvalue weighted by molar-refractivity contribution is -0.137. The molecule has 0 N–H and O–H groups in total. The smallest absolute Gasteiger partial charge is 0.308 e. The molecule has 0 fully saturated rings. The van der Waals surface area contributed by atoms with E-state index in [9.17, 15) is 5.26 Å². The van der Waals surface area contributed by atoms with Crippen molar-refractivity contribution in [1.82, 2.24) is 68.9 Å². The van der Waals surface area contributed by atoms with Crippen molar-refractivity contribution < 1.29 is 13.2 Å². The molecule has 0 bridgehead atoms. The number of rotatable bonds is 7. The van der Waals surface area contributed by atoms with E-state index in [1.54, 1.807) is 80.5 Å². The molecule has 6 aromatic carbocycles. The zero-order chi connectivity index (χ0) is 53.8. The lowest BCUT2D eigenvalue weighted by Crippen LogP contribution is -2.08. The maximum atomic E-state index is 15.3. The van der Waals surface area contributed by atoms with Gasteiger partial charge in [-0.15, -0.1) is 0 Å². The largest absolute Gasteiger partial charge is 0.416 e. The van der Waals surface area contributed by atoms with Crippen LogP contribution in [-0.4, -0.2) is 68.9 Å². The van der Waals surface area contributed by atoms with Crippen LogP contribution in [0.5, 0.6) is 0 Å². The Kier molecular flexibility index (Phi) is 11.3. The molecule has 0 amide bonds. The highest BCUT2D eigenvalue weighted by Gasteiger charge is 2.33. The maximum Gasteiger partial charge on any atom is 0.416 e. The van der Waals surface area contributed by atoms with Crippen molar-refractivity contribution in [3.05, 3.63) is 166 Å². The van der Waals surface area contributed by atoms with Crippen molar-refractivity contribution in [3.8, 4) is 74.1 Å². The topological polar surface area (TPSA) is 188 Å². The van der Waals surface area contributed by atoms with Crippen molar-refractivity contribution in [3.63, 3.8) is 0 Å². The van der Waals surface area contributed by atoms with Crippen LogP contribution in [-0.2, 0) is 6.18 Å². The number of hydrogen-bond acceptors (Lipinski definition) is 13. The lowest BCUT2D eigenvalue weighted by Gasteiger charge is -2.22. The molecule has 0 unspecified atom stereocenters. The van der Waals surface area contributed by atoms with Crippen LogP contribution in [0, 0.1) is 73.6 Å². The molecule has 0 aliphatic carbocycles. The molecule has 0 aliphatic rings. The molecule has 18 heteroatoms. The fraction of sp³-hybridized carbons (Fsp3) is 0.169. The van der Waals surface area contributed by atoms with E-state index in [4.69, 9.17) is 39.9 Å². The summed E-state index contributed by atoms with van der Waals surface area (Å²) in [6.45, 7) is 16.1. The van der Waals surface area contributed by atoms with Crippen LogP contribution >= 0.6 is 0 Å². The molecule has 12 aromatic rings. The Morgan fingerprint density at radius 2 is 0.662 bits per heavy atom. The quantitative estimate of drug-likeness (QED) is 0.147. The third-order valence-corrected chi connectivity index (χ3v) is 13.4. The Labute approximate surface area is 438 Å². The van der Waals surface area contributed by atoms with E-state index in [1.807, 2.05) is 81.9 Å². The van der Waals surface area contributed by atoms with E-state index >= 15 is 13.2 Å². The van der Waals surface area contributed by atoms with Gasteiger partial charge in [-0.2, -0.15) is 18.4 Å². The number of benzene rings is 6. The Hall–Kier alpha value is -9.76. The van der Waals surface area contributed by atoms with Crippen molar-refractivity contribution in [2.45, 2.75) is 68.5 Å². The summed E-state index contributed by atoms with van der Waals surface area (Å²) in [7, 11) is 0. The average Bonchev–Trinajstić information content (AvgIpc) is 4.14. The molecule has 0 saturated heterocycles. The molecule has 0 atom stereocenters. The van der Waals surface area contributed by atoms with Gasteiger partial charge < -0.3 is 9.13 Å². The highest BCUT2D eigenvalue weighted by Crippen LogP contribution is 2.46. The number of halogens is 3. The maximum absolute atomic E-state index is 15.3. The van der Waals surface area contributed by atoms with E-state index < -0.39 is 11.7 Å². The van der Waals surface area contributed by atoms with Gasteiger partial charge in [-0.05, 0) is 122 Å². The molecular formula is C59H44F3N15. The highest BCUT2D eigenvalue weighted by atomic mass is 19.4. The van der Waals surface area contributed by atoms with Crippen LogP contribution in [0.3, 0.4) is 0 Å². The van der Waals surface area contributed by atoms with E-state index in [0.717, 1.165) is 27.6 Å². The predicted molar refractivity (Wildman–Crippen MR) is 288 cm³/mol. The zero-order valence-corrected chi connectivity index (χ0v) is 43.2. The van der Waals surface area contributed by atoms with Crippen LogP contribution in [0.25, 0.3) is 112 Å². The Morgan fingerprint density at radius 3 is 0.935 bits per heavy atom. The van der Waals surface area contributed by atoms with Gasteiger partial charge in [0.2, 0.25) is 0 Å². The minimum absolute atomic E-state index is 0.229. The van der Waals surface area contributed by atoms with Gasteiger partial charge in [-0.25, -0.2) is 59.8 Å². The van der Waals surface area contributed by atoms with Crippen LogP contribution in [0.4, 0.5) is 13.2 Å². The molecule has 15 nitrogen and oxygen atoms in total. The fourth-order valence-electron chi connectivity index (χ4n) is 10.5. The van der Waals surface area contributed by atoms with Gasteiger partial charge in [0.15, 0.2) is 23.3 Å². The van der Waals surface area contributed by atoms with Crippen molar-refractivity contribution in [1.29, 1.82) is 5.26 Å². The number of hydrogen-bond donors (Lipinski definition) is 0. The summed E-state index contributed by atoms with van der Waals surface area (Å²) in [6.07, 6.45) is -4.72. The van der Waals surface area contributed by atoms with Gasteiger partial charge in [0.05, 0.1) is 50.6 Å². The second kappa shape index (κ2) is 18.0. The summed E-state index contributed by atoms with van der Waals surface area (Å²) in [5.41, 5.74) is 6.53. The first kappa shape index (κ1) is 48.2. The summed E-state index contributed by atoms with van der Waals surface area (Å²) in [5.74, 6) is 6.04. The molecule has 0 aliphatic heterocycles. The SMILES string of the molecule is Cc1cc(-c2c(-n3c4cc(-c5nc(C)nc(C)n5)ccc4c4ccc(-c5nc(C)nc(C)n5)cc43)cc(C#N)cc2-n2c3cc(-c4nc(C)nc(C)n4)ccc3c3ccc(-c4nc(C)nc(C)n4)cc32)cc(C(F)(F)F)c1. The third-order valence-electron chi connectivity index (χ3n) is 13.4. The molecule has 0 spiro atoms. The van der Waals surface area contributed by atoms with Gasteiger partial charge in [-0.3, -0.25) is 0 Å². The lowest BCUT2D eigenvalue weighted by atomic mass is 9.95. The summed E-state index contributed by atoms with van der Waals surface area (Å²) >= 11 is 0. The van der Waals surface area contributed by atoms with E-state index in [2.05, 4.69) is 26.0 Å².